The smallest absolute Gasteiger partial charge is 0.424 e. The molecule has 1 atom stereocenters. The molecule has 24 heavy (non-hydrogen) atoms. The maximum absolute atomic E-state index is 12.3. The van der Waals surface area contributed by atoms with Crippen molar-refractivity contribution in [3.63, 3.8) is 0 Å². The summed E-state index contributed by atoms with van der Waals surface area (Å²) in [6.07, 6.45) is 1.67. The molecule has 1 aliphatic heterocycles. The molecule has 1 saturated heterocycles. The number of aliphatic hydroxyl groups is 1. The van der Waals surface area contributed by atoms with Crippen LogP contribution in [0.25, 0.3) is 0 Å². The Kier molecular flexibility index (Phi) is 9.52. The number of morpholine rings is 1. The molecule has 0 aromatic heterocycles. The van der Waals surface area contributed by atoms with Crippen molar-refractivity contribution in [2.24, 2.45) is 0 Å². The number of carbonyl (C=O) groups is 1. The third kappa shape index (κ3) is 8.25. The van der Waals surface area contributed by atoms with Gasteiger partial charge in [-0.25, -0.2) is 28.0 Å². The minimum Gasteiger partial charge on any atom is -0.448 e. The van der Waals surface area contributed by atoms with Crippen LogP contribution < -0.4 is 4.72 Å². The molecule has 0 aliphatic carbocycles. The molecule has 1 unspecified atom stereocenters. The van der Waals surface area contributed by atoms with Crippen LogP contribution in [0.5, 0.6) is 0 Å². The standard InChI is InChI=1S/C14H28N3O6S/c1-3-6-17(16-7-11-22-12-8-16)14(19)23-10-5-13(4-9-18)15-24(2,20)21/h13,15,18H,1,3-12H2,2H3. The number of carbonyl (C=O) groups excluding carboxylic acids is 1. The highest BCUT2D eigenvalue weighted by atomic mass is 32.2. The van der Waals surface area contributed by atoms with Gasteiger partial charge < -0.3 is 14.6 Å². The van der Waals surface area contributed by atoms with Crippen LogP contribution in [0.2, 0.25) is 0 Å². The van der Waals surface area contributed by atoms with E-state index >= 15 is 0 Å². The molecule has 1 heterocycles. The number of aliphatic hydroxyl groups excluding tert-OH is 1. The molecule has 141 valence electrons. The number of ether oxygens (including phenoxy) is 2. The predicted octanol–water partition coefficient (Wildman–Crippen LogP) is -0.413. The van der Waals surface area contributed by atoms with Crippen LogP contribution in [-0.4, -0.2) is 88.0 Å². The van der Waals surface area contributed by atoms with E-state index in [9.17, 15) is 13.2 Å². The van der Waals surface area contributed by atoms with Crippen LogP contribution in [0.1, 0.15) is 19.3 Å². The minimum absolute atomic E-state index is 0.0595. The van der Waals surface area contributed by atoms with Crippen molar-refractivity contribution in [1.29, 1.82) is 0 Å². The molecular formula is C14H28N3O6S. The third-order valence-electron chi connectivity index (χ3n) is 3.46. The Morgan fingerprint density at radius 2 is 2.08 bits per heavy atom. The van der Waals surface area contributed by atoms with E-state index in [4.69, 9.17) is 14.6 Å². The minimum atomic E-state index is -3.38. The second-order valence-corrected chi connectivity index (χ2v) is 7.33. The predicted molar refractivity (Wildman–Crippen MR) is 88.5 cm³/mol. The highest BCUT2D eigenvalue weighted by Gasteiger charge is 2.24. The summed E-state index contributed by atoms with van der Waals surface area (Å²) in [6, 6.07) is -0.470. The number of amides is 1. The fraction of sp³-hybridized carbons (Fsp3) is 0.857. The van der Waals surface area contributed by atoms with E-state index in [0.717, 1.165) is 6.26 Å². The highest BCUT2D eigenvalue weighted by molar-refractivity contribution is 7.88. The SMILES string of the molecule is [CH2]CCN(C(=O)OCCC(CCO)NS(C)(=O)=O)N1CCOCC1. The van der Waals surface area contributed by atoms with E-state index in [2.05, 4.69) is 11.6 Å². The van der Waals surface area contributed by atoms with Gasteiger partial charge in [0.2, 0.25) is 10.0 Å². The summed E-state index contributed by atoms with van der Waals surface area (Å²) in [7, 11) is -3.38. The van der Waals surface area contributed by atoms with E-state index in [0.29, 0.717) is 45.7 Å². The van der Waals surface area contributed by atoms with Crippen LogP contribution in [0.15, 0.2) is 0 Å². The Morgan fingerprint density at radius 1 is 1.42 bits per heavy atom. The second kappa shape index (κ2) is 10.8. The lowest BCUT2D eigenvalue weighted by Gasteiger charge is -2.36. The van der Waals surface area contributed by atoms with Gasteiger partial charge in [-0.1, -0.05) is 6.92 Å². The van der Waals surface area contributed by atoms with E-state index in [1.165, 1.54) is 5.01 Å². The van der Waals surface area contributed by atoms with Crippen LogP contribution in [0, 0.1) is 6.92 Å². The van der Waals surface area contributed by atoms with Crippen LogP contribution in [0.3, 0.4) is 0 Å². The van der Waals surface area contributed by atoms with Gasteiger partial charge in [0.15, 0.2) is 0 Å². The summed E-state index contributed by atoms with van der Waals surface area (Å²) in [5.74, 6) is 0. The van der Waals surface area contributed by atoms with E-state index in [1.807, 2.05) is 5.01 Å². The molecule has 0 aromatic carbocycles. The van der Waals surface area contributed by atoms with Gasteiger partial charge in [0.05, 0.1) is 26.1 Å². The monoisotopic (exact) mass is 366 g/mol. The van der Waals surface area contributed by atoms with Gasteiger partial charge in [-0.3, -0.25) is 0 Å². The maximum atomic E-state index is 12.3. The van der Waals surface area contributed by atoms with Crippen molar-refractivity contribution >= 4 is 16.1 Å². The van der Waals surface area contributed by atoms with Gasteiger partial charge >= 0.3 is 6.09 Å². The molecule has 9 nitrogen and oxygen atoms in total. The fourth-order valence-corrected chi connectivity index (χ4v) is 3.22. The van der Waals surface area contributed by atoms with Gasteiger partial charge in [-0.05, 0) is 19.3 Å². The van der Waals surface area contributed by atoms with Gasteiger partial charge in [0, 0.05) is 32.3 Å². The van der Waals surface area contributed by atoms with Crippen molar-refractivity contribution in [1.82, 2.24) is 14.7 Å². The van der Waals surface area contributed by atoms with Crippen molar-refractivity contribution in [2.75, 3.05) is 52.3 Å². The van der Waals surface area contributed by atoms with Gasteiger partial charge in [-0.2, -0.15) is 0 Å². The molecule has 0 spiro atoms. The number of hydrogen-bond acceptors (Lipinski definition) is 7. The average Bonchev–Trinajstić information content (AvgIpc) is 2.52. The van der Waals surface area contributed by atoms with Crippen LogP contribution >= 0.6 is 0 Å². The van der Waals surface area contributed by atoms with E-state index < -0.39 is 22.2 Å². The summed E-state index contributed by atoms with van der Waals surface area (Å²) in [6.45, 7) is 6.44. The molecule has 1 aliphatic rings. The lowest BCUT2D eigenvalue weighted by atomic mass is 10.2. The summed E-state index contributed by atoms with van der Waals surface area (Å²) in [4.78, 5) is 12.3. The number of nitrogens with one attached hydrogen (secondary N) is 1. The zero-order valence-electron chi connectivity index (χ0n) is 14.1. The molecule has 2 N–H and O–H groups in total. The Hall–Kier alpha value is -0.940. The van der Waals surface area contributed by atoms with Crippen molar-refractivity contribution < 1.29 is 27.8 Å². The molecule has 1 radical (unpaired) electrons. The largest absolute Gasteiger partial charge is 0.448 e. The number of hydrogen-bond donors (Lipinski definition) is 2. The average molecular weight is 366 g/mol. The van der Waals surface area contributed by atoms with Crippen LogP contribution in [0.4, 0.5) is 4.79 Å². The molecule has 1 amide bonds. The number of sulfonamides is 1. The van der Waals surface area contributed by atoms with E-state index in [-0.39, 0.29) is 19.6 Å². The molecule has 1 fully saturated rings. The van der Waals surface area contributed by atoms with Gasteiger partial charge in [-0.15, -0.1) is 0 Å². The van der Waals surface area contributed by atoms with Crippen molar-refractivity contribution in [3.05, 3.63) is 6.92 Å². The van der Waals surface area contributed by atoms with Crippen LogP contribution in [-0.2, 0) is 19.5 Å². The number of hydrazine groups is 1. The summed E-state index contributed by atoms with van der Waals surface area (Å²) in [5, 5.41) is 12.4. The molecule has 0 bridgehead atoms. The zero-order chi connectivity index (χ0) is 18.0. The van der Waals surface area contributed by atoms with E-state index in [1.54, 1.807) is 0 Å². The first-order chi connectivity index (χ1) is 11.4. The Morgan fingerprint density at radius 3 is 2.62 bits per heavy atom. The lowest BCUT2D eigenvalue weighted by molar-refractivity contribution is -0.0790. The topological polar surface area (TPSA) is 108 Å². The zero-order valence-corrected chi connectivity index (χ0v) is 15.0. The number of rotatable bonds is 10. The summed E-state index contributed by atoms with van der Waals surface area (Å²) >= 11 is 0. The highest BCUT2D eigenvalue weighted by Crippen LogP contribution is 2.08. The quantitative estimate of drug-likeness (QED) is 0.541. The second-order valence-electron chi connectivity index (χ2n) is 5.54. The Balaban J connectivity index is 2.48. The third-order valence-corrected chi connectivity index (χ3v) is 4.22. The van der Waals surface area contributed by atoms with Crippen molar-refractivity contribution in [2.45, 2.75) is 25.3 Å². The first kappa shape index (κ1) is 21.1. The summed E-state index contributed by atoms with van der Waals surface area (Å²) in [5.41, 5.74) is 0. The van der Waals surface area contributed by atoms with Gasteiger partial charge in [0.1, 0.15) is 0 Å². The Bertz CT molecular complexity index is 467. The lowest BCUT2D eigenvalue weighted by Crippen LogP contribution is -2.52. The Labute approximate surface area is 143 Å². The van der Waals surface area contributed by atoms with Crippen molar-refractivity contribution in [3.8, 4) is 0 Å². The maximum Gasteiger partial charge on any atom is 0.424 e. The van der Waals surface area contributed by atoms with Gasteiger partial charge in [0.25, 0.3) is 0 Å². The summed E-state index contributed by atoms with van der Waals surface area (Å²) < 4.78 is 35.5. The number of nitrogens with zero attached hydrogens (tertiary/aromatic N) is 2. The molecular weight excluding hydrogens is 338 g/mol. The molecule has 10 heteroatoms. The fourth-order valence-electron chi connectivity index (χ4n) is 2.38. The first-order valence-corrected chi connectivity index (χ1v) is 9.91. The normalized spacial score (nSPS) is 17.5. The molecule has 0 saturated carbocycles. The molecule has 0 aromatic rings. The molecule has 1 rings (SSSR count). The first-order valence-electron chi connectivity index (χ1n) is 8.01.